The third-order valence-electron chi connectivity index (χ3n) is 3.40. The Morgan fingerprint density at radius 3 is 2.74 bits per heavy atom. The lowest BCUT2D eigenvalue weighted by Gasteiger charge is -2.27. The minimum absolute atomic E-state index is 0.370. The van der Waals surface area contributed by atoms with Crippen LogP contribution in [0.4, 0.5) is 11.6 Å². The Labute approximate surface area is 114 Å². The van der Waals surface area contributed by atoms with E-state index >= 15 is 0 Å². The van der Waals surface area contributed by atoms with Crippen molar-refractivity contribution < 1.29 is 4.74 Å². The fraction of sp³-hybridized carbons (Fsp3) is 0.692. The Balaban J connectivity index is 1.84. The molecule has 1 aromatic rings. The van der Waals surface area contributed by atoms with E-state index in [0.29, 0.717) is 18.7 Å². The molecule has 0 amide bonds. The van der Waals surface area contributed by atoms with Crippen LogP contribution < -0.4 is 16.4 Å². The van der Waals surface area contributed by atoms with E-state index in [2.05, 4.69) is 20.6 Å². The van der Waals surface area contributed by atoms with Crippen LogP contribution in [0.2, 0.25) is 0 Å². The summed E-state index contributed by atoms with van der Waals surface area (Å²) >= 11 is 0. The molecule has 0 spiro atoms. The normalized spacial score (nSPS) is 23.1. The van der Waals surface area contributed by atoms with Crippen LogP contribution in [0.1, 0.15) is 25.7 Å². The molecule has 0 radical (unpaired) electrons. The quantitative estimate of drug-likeness (QED) is 0.671. The van der Waals surface area contributed by atoms with Gasteiger partial charge in [-0.05, 0) is 25.7 Å². The molecule has 106 valence electrons. The Morgan fingerprint density at radius 1 is 1.26 bits per heavy atom. The molecule has 1 aliphatic carbocycles. The summed E-state index contributed by atoms with van der Waals surface area (Å²) in [6.07, 6.45) is 5.96. The number of nitrogens with two attached hydrogens (primary N) is 1. The van der Waals surface area contributed by atoms with Gasteiger partial charge in [0.25, 0.3) is 0 Å². The topological polar surface area (TPSA) is 85.1 Å². The first-order chi connectivity index (χ1) is 9.28. The van der Waals surface area contributed by atoms with Crippen LogP contribution in [0, 0.1) is 0 Å². The fourth-order valence-corrected chi connectivity index (χ4v) is 2.29. The van der Waals surface area contributed by atoms with Gasteiger partial charge in [0, 0.05) is 31.8 Å². The van der Waals surface area contributed by atoms with Crippen molar-refractivity contribution in [2.75, 3.05) is 30.9 Å². The van der Waals surface area contributed by atoms with Crippen molar-refractivity contribution in [1.29, 1.82) is 0 Å². The molecule has 4 N–H and O–H groups in total. The number of ether oxygens (including phenoxy) is 1. The molecule has 0 aliphatic heterocycles. The number of anilines is 2. The number of nitrogens with zero attached hydrogens (tertiary/aromatic N) is 2. The van der Waals surface area contributed by atoms with Gasteiger partial charge in [0.05, 0.1) is 6.61 Å². The monoisotopic (exact) mass is 265 g/mol. The maximum Gasteiger partial charge on any atom is 0.131 e. The minimum atomic E-state index is 0.370. The summed E-state index contributed by atoms with van der Waals surface area (Å²) in [5.74, 6) is 1.69. The summed E-state index contributed by atoms with van der Waals surface area (Å²) in [6.45, 7) is 1.40. The third-order valence-corrected chi connectivity index (χ3v) is 3.40. The predicted molar refractivity (Wildman–Crippen MR) is 76.3 cm³/mol. The van der Waals surface area contributed by atoms with E-state index in [4.69, 9.17) is 10.5 Å². The van der Waals surface area contributed by atoms with E-state index in [9.17, 15) is 0 Å². The molecular weight excluding hydrogens is 242 g/mol. The van der Waals surface area contributed by atoms with Crippen LogP contribution in [0.5, 0.6) is 0 Å². The molecule has 19 heavy (non-hydrogen) atoms. The molecule has 0 aromatic carbocycles. The number of aromatic nitrogens is 2. The Hall–Kier alpha value is -1.40. The minimum Gasteiger partial charge on any atom is -0.383 e. The second-order valence-corrected chi connectivity index (χ2v) is 4.96. The lowest BCUT2D eigenvalue weighted by atomic mass is 9.92. The first-order valence-corrected chi connectivity index (χ1v) is 6.85. The summed E-state index contributed by atoms with van der Waals surface area (Å²) < 4.78 is 4.99. The molecule has 2 rings (SSSR count). The molecule has 6 heteroatoms. The number of hydrogen-bond donors (Lipinski definition) is 3. The smallest absolute Gasteiger partial charge is 0.131 e. The molecule has 0 saturated heterocycles. The fourth-order valence-electron chi connectivity index (χ4n) is 2.29. The molecule has 1 heterocycles. The van der Waals surface area contributed by atoms with Crippen LogP contribution in [-0.4, -0.2) is 42.3 Å². The van der Waals surface area contributed by atoms with Crippen LogP contribution in [0.3, 0.4) is 0 Å². The van der Waals surface area contributed by atoms with Crippen molar-refractivity contribution in [2.24, 2.45) is 5.73 Å². The Bertz CT molecular complexity index is 379. The van der Waals surface area contributed by atoms with Gasteiger partial charge < -0.3 is 21.1 Å². The predicted octanol–water partition coefficient (Wildman–Crippen LogP) is 1.22. The molecule has 6 nitrogen and oxygen atoms in total. The first kappa shape index (κ1) is 14.0. The van der Waals surface area contributed by atoms with Crippen molar-refractivity contribution in [2.45, 2.75) is 37.8 Å². The van der Waals surface area contributed by atoms with Gasteiger partial charge >= 0.3 is 0 Å². The zero-order valence-corrected chi connectivity index (χ0v) is 11.4. The highest BCUT2D eigenvalue weighted by molar-refractivity contribution is 5.46. The zero-order valence-electron chi connectivity index (χ0n) is 11.4. The second kappa shape index (κ2) is 7.25. The van der Waals surface area contributed by atoms with E-state index < -0.39 is 0 Å². The van der Waals surface area contributed by atoms with Gasteiger partial charge in [0.1, 0.15) is 18.0 Å². The average Bonchev–Trinajstić information content (AvgIpc) is 2.42. The molecule has 1 aromatic heterocycles. The largest absolute Gasteiger partial charge is 0.383 e. The SMILES string of the molecule is COCCNc1cc(NC2CCC(N)CC2)ncn1. The maximum atomic E-state index is 5.91. The number of rotatable bonds is 6. The van der Waals surface area contributed by atoms with Crippen molar-refractivity contribution in [3.63, 3.8) is 0 Å². The van der Waals surface area contributed by atoms with Crippen LogP contribution in [0.25, 0.3) is 0 Å². The Morgan fingerprint density at radius 2 is 2.00 bits per heavy atom. The van der Waals surface area contributed by atoms with Gasteiger partial charge in [-0.1, -0.05) is 0 Å². The van der Waals surface area contributed by atoms with Gasteiger partial charge in [0.2, 0.25) is 0 Å². The van der Waals surface area contributed by atoms with E-state index in [1.54, 1.807) is 13.4 Å². The maximum absolute atomic E-state index is 5.91. The summed E-state index contributed by atoms with van der Waals surface area (Å²) in [5.41, 5.74) is 5.91. The van der Waals surface area contributed by atoms with Gasteiger partial charge in [-0.15, -0.1) is 0 Å². The number of nitrogens with one attached hydrogen (secondary N) is 2. The number of methoxy groups -OCH3 is 1. The molecule has 1 aliphatic rings. The summed E-state index contributed by atoms with van der Waals surface area (Å²) in [4.78, 5) is 8.43. The second-order valence-electron chi connectivity index (χ2n) is 4.96. The lowest BCUT2D eigenvalue weighted by molar-refractivity contribution is 0.210. The molecule has 1 saturated carbocycles. The van der Waals surface area contributed by atoms with Crippen molar-refractivity contribution in [3.8, 4) is 0 Å². The van der Waals surface area contributed by atoms with Crippen LogP contribution in [0.15, 0.2) is 12.4 Å². The highest BCUT2D eigenvalue weighted by atomic mass is 16.5. The van der Waals surface area contributed by atoms with Crippen molar-refractivity contribution in [3.05, 3.63) is 12.4 Å². The molecule has 0 bridgehead atoms. The molecular formula is C13H23N5O. The van der Waals surface area contributed by atoms with E-state index in [0.717, 1.165) is 43.9 Å². The zero-order chi connectivity index (χ0) is 13.5. The Kier molecular flexibility index (Phi) is 5.35. The third kappa shape index (κ3) is 4.65. The summed E-state index contributed by atoms with van der Waals surface area (Å²) in [7, 11) is 1.68. The van der Waals surface area contributed by atoms with Crippen LogP contribution >= 0.6 is 0 Å². The highest BCUT2D eigenvalue weighted by Crippen LogP contribution is 2.20. The van der Waals surface area contributed by atoms with E-state index in [-0.39, 0.29) is 0 Å². The van der Waals surface area contributed by atoms with E-state index in [1.807, 2.05) is 6.07 Å². The lowest BCUT2D eigenvalue weighted by Crippen LogP contribution is -2.33. The van der Waals surface area contributed by atoms with Gasteiger partial charge in [-0.25, -0.2) is 9.97 Å². The van der Waals surface area contributed by atoms with Gasteiger partial charge in [0.15, 0.2) is 0 Å². The van der Waals surface area contributed by atoms with Gasteiger partial charge in [-0.2, -0.15) is 0 Å². The van der Waals surface area contributed by atoms with Gasteiger partial charge in [-0.3, -0.25) is 0 Å². The summed E-state index contributed by atoms with van der Waals surface area (Å²) in [6, 6.07) is 2.78. The van der Waals surface area contributed by atoms with Crippen molar-refractivity contribution in [1.82, 2.24) is 9.97 Å². The highest BCUT2D eigenvalue weighted by Gasteiger charge is 2.18. The number of hydrogen-bond acceptors (Lipinski definition) is 6. The van der Waals surface area contributed by atoms with E-state index in [1.165, 1.54) is 0 Å². The van der Waals surface area contributed by atoms with Crippen molar-refractivity contribution >= 4 is 11.6 Å². The molecule has 0 atom stereocenters. The standard InChI is InChI=1S/C13H23N5O/c1-19-7-6-15-12-8-13(17-9-16-12)18-11-4-2-10(14)3-5-11/h8-11H,2-7,14H2,1H3,(H2,15,16,17,18). The summed E-state index contributed by atoms with van der Waals surface area (Å²) in [5, 5.41) is 6.65. The van der Waals surface area contributed by atoms with Crippen LogP contribution in [-0.2, 0) is 4.74 Å². The average molecular weight is 265 g/mol. The first-order valence-electron chi connectivity index (χ1n) is 6.85. The molecule has 1 fully saturated rings. The molecule has 0 unspecified atom stereocenters.